The van der Waals surface area contributed by atoms with Crippen LogP contribution in [0.3, 0.4) is 0 Å². The Bertz CT molecular complexity index is 310. The number of hydrogen-bond donors (Lipinski definition) is 1. The van der Waals surface area contributed by atoms with Crippen molar-refractivity contribution in [1.29, 1.82) is 0 Å². The highest BCUT2D eigenvalue weighted by atomic mass is 32.2. The maximum absolute atomic E-state index is 11.1. The minimum Gasteiger partial charge on any atom is -0.362 e. The summed E-state index contributed by atoms with van der Waals surface area (Å²) in [5.74, 6) is 0.684. The van der Waals surface area contributed by atoms with E-state index in [1.807, 2.05) is 11.8 Å². The van der Waals surface area contributed by atoms with E-state index in [-0.39, 0.29) is 6.04 Å². The Kier molecular flexibility index (Phi) is 5.51. The van der Waals surface area contributed by atoms with Gasteiger partial charge in [-0.1, -0.05) is 32.5 Å². The Morgan fingerprint density at radius 2 is 2.24 bits per heavy atom. The first-order valence-electron chi connectivity index (χ1n) is 6.04. The predicted molar refractivity (Wildman–Crippen MR) is 79.3 cm³/mol. The highest BCUT2D eigenvalue weighted by Crippen LogP contribution is 2.31. The molecule has 1 N–H and O–H groups in total. The molecule has 3 atom stereocenters. The number of thioether (sulfide) groups is 1. The molecule has 5 heteroatoms. The molecule has 1 rings (SSSR count). The molecular formula is C12H24N2OS2. The van der Waals surface area contributed by atoms with Gasteiger partial charge in [0.1, 0.15) is 0 Å². The van der Waals surface area contributed by atoms with Crippen LogP contribution in [0.15, 0.2) is 4.99 Å². The Morgan fingerprint density at radius 3 is 2.76 bits per heavy atom. The lowest BCUT2D eigenvalue weighted by Gasteiger charge is -2.22. The second kappa shape index (κ2) is 6.23. The Labute approximate surface area is 112 Å². The van der Waals surface area contributed by atoms with Gasteiger partial charge in [-0.3, -0.25) is 9.20 Å². The monoisotopic (exact) mass is 276 g/mol. The zero-order valence-electron chi connectivity index (χ0n) is 11.4. The van der Waals surface area contributed by atoms with Crippen LogP contribution in [0.25, 0.3) is 0 Å². The molecule has 0 fully saturated rings. The van der Waals surface area contributed by atoms with Crippen molar-refractivity contribution >= 4 is 27.7 Å². The fourth-order valence-electron chi connectivity index (χ4n) is 1.89. The number of amidine groups is 1. The molecule has 0 aromatic rings. The van der Waals surface area contributed by atoms with Crippen molar-refractivity contribution in [2.75, 3.05) is 18.6 Å². The first kappa shape index (κ1) is 15.0. The van der Waals surface area contributed by atoms with Crippen LogP contribution in [0.4, 0.5) is 0 Å². The van der Waals surface area contributed by atoms with Crippen LogP contribution in [0.1, 0.15) is 34.1 Å². The van der Waals surface area contributed by atoms with Crippen LogP contribution in [-0.4, -0.2) is 39.2 Å². The maximum Gasteiger partial charge on any atom is 0.157 e. The zero-order chi connectivity index (χ0) is 13.1. The van der Waals surface area contributed by atoms with Crippen molar-refractivity contribution in [3.05, 3.63) is 0 Å². The molecule has 17 heavy (non-hydrogen) atoms. The number of nitrogens with one attached hydrogen (secondary N) is 1. The molecule has 0 aliphatic carbocycles. The third kappa shape index (κ3) is 6.46. The van der Waals surface area contributed by atoms with Crippen LogP contribution in [0, 0.1) is 5.41 Å². The lowest BCUT2D eigenvalue weighted by atomic mass is 9.90. The molecule has 0 spiro atoms. The van der Waals surface area contributed by atoms with Crippen molar-refractivity contribution < 1.29 is 4.21 Å². The summed E-state index contributed by atoms with van der Waals surface area (Å²) in [5.41, 5.74) is 0.360. The molecule has 0 saturated carbocycles. The van der Waals surface area contributed by atoms with Gasteiger partial charge < -0.3 is 5.32 Å². The van der Waals surface area contributed by atoms with Gasteiger partial charge in [-0.05, 0) is 18.8 Å². The van der Waals surface area contributed by atoms with Crippen LogP contribution in [0.5, 0.6) is 0 Å². The van der Waals surface area contributed by atoms with Gasteiger partial charge in [0.2, 0.25) is 0 Å². The van der Waals surface area contributed by atoms with Gasteiger partial charge in [0, 0.05) is 34.1 Å². The first-order chi connectivity index (χ1) is 7.76. The summed E-state index contributed by atoms with van der Waals surface area (Å²) in [6.45, 7) is 9.76. The average Bonchev–Trinajstić information content (AvgIpc) is 2.46. The summed E-state index contributed by atoms with van der Waals surface area (Å²) in [5, 5.41) is 4.97. The van der Waals surface area contributed by atoms with Crippen molar-refractivity contribution in [2.45, 2.75) is 45.4 Å². The van der Waals surface area contributed by atoms with E-state index in [2.05, 4.69) is 38.0 Å². The second-order valence-electron chi connectivity index (χ2n) is 5.94. The third-order valence-corrected chi connectivity index (χ3v) is 4.50. The highest BCUT2D eigenvalue weighted by Gasteiger charge is 2.25. The normalized spacial score (nSPS) is 24.3. The largest absolute Gasteiger partial charge is 0.362 e. The van der Waals surface area contributed by atoms with Crippen molar-refractivity contribution in [3.63, 3.8) is 0 Å². The van der Waals surface area contributed by atoms with Crippen molar-refractivity contribution in [2.24, 2.45) is 10.4 Å². The van der Waals surface area contributed by atoms with Gasteiger partial charge in [-0.25, -0.2) is 0 Å². The summed E-state index contributed by atoms with van der Waals surface area (Å²) >= 11 is 1.83. The van der Waals surface area contributed by atoms with Crippen LogP contribution in [0.2, 0.25) is 0 Å². The summed E-state index contributed by atoms with van der Waals surface area (Å²) in [4.78, 5) is 4.52. The van der Waals surface area contributed by atoms with Gasteiger partial charge in [-0.2, -0.15) is 0 Å². The number of rotatable bonds is 4. The van der Waals surface area contributed by atoms with Crippen LogP contribution in [-0.2, 0) is 10.8 Å². The van der Waals surface area contributed by atoms with E-state index in [4.69, 9.17) is 0 Å². The Balaban J connectivity index is 2.32. The Hall–Kier alpha value is -0.0300. The summed E-state index contributed by atoms with van der Waals surface area (Å²) in [6.07, 6.45) is 2.92. The molecular weight excluding hydrogens is 252 g/mol. The molecule has 3 unspecified atom stereocenters. The average molecular weight is 276 g/mol. The van der Waals surface area contributed by atoms with E-state index in [9.17, 15) is 4.21 Å². The number of hydrogen-bond acceptors (Lipinski definition) is 4. The molecule has 0 aromatic carbocycles. The maximum atomic E-state index is 11.1. The van der Waals surface area contributed by atoms with Gasteiger partial charge in [0.05, 0.1) is 6.54 Å². The molecule has 0 amide bonds. The summed E-state index contributed by atoms with van der Waals surface area (Å²) in [6, 6.07) is 0.237. The highest BCUT2D eigenvalue weighted by molar-refractivity contribution is 8.14. The zero-order valence-corrected chi connectivity index (χ0v) is 13.1. The lowest BCUT2D eigenvalue weighted by Crippen LogP contribution is -2.34. The SMILES string of the molecule is CC(CS(C)=O)NC1=NCC(CC(C)(C)C)S1. The molecule has 0 bridgehead atoms. The molecule has 1 aliphatic rings. The molecule has 1 aliphatic heterocycles. The second-order valence-corrected chi connectivity index (χ2v) is 8.70. The van der Waals surface area contributed by atoms with E-state index in [0.717, 1.165) is 11.7 Å². The van der Waals surface area contributed by atoms with Gasteiger partial charge in [-0.15, -0.1) is 0 Å². The standard InChI is InChI=1S/C12H24N2OS2/c1-9(8-17(5)15)14-11-13-7-10(16-11)6-12(2,3)4/h9-10H,6-8H2,1-5H3,(H,13,14). The predicted octanol–water partition coefficient (Wildman–Crippen LogP) is 2.25. The van der Waals surface area contributed by atoms with E-state index in [0.29, 0.717) is 16.4 Å². The Morgan fingerprint density at radius 1 is 1.59 bits per heavy atom. The minimum absolute atomic E-state index is 0.237. The molecule has 0 saturated heterocycles. The summed E-state index contributed by atoms with van der Waals surface area (Å²) in [7, 11) is -0.747. The molecule has 0 aromatic heterocycles. The molecule has 0 radical (unpaired) electrons. The van der Waals surface area contributed by atoms with Gasteiger partial charge in [0.15, 0.2) is 5.17 Å². The van der Waals surface area contributed by atoms with Crippen LogP contribution >= 0.6 is 11.8 Å². The number of aliphatic imine (C=N–C) groups is 1. The first-order valence-corrected chi connectivity index (χ1v) is 8.64. The smallest absolute Gasteiger partial charge is 0.157 e. The molecule has 3 nitrogen and oxygen atoms in total. The quantitative estimate of drug-likeness (QED) is 0.856. The molecule has 1 heterocycles. The summed E-state index contributed by atoms with van der Waals surface area (Å²) < 4.78 is 11.1. The third-order valence-electron chi connectivity index (χ3n) is 2.41. The topological polar surface area (TPSA) is 41.5 Å². The van der Waals surface area contributed by atoms with E-state index < -0.39 is 10.8 Å². The number of nitrogens with zero attached hydrogens (tertiary/aromatic N) is 1. The van der Waals surface area contributed by atoms with Gasteiger partial charge >= 0.3 is 0 Å². The van der Waals surface area contributed by atoms with E-state index in [1.165, 1.54) is 6.42 Å². The lowest BCUT2D eigenvalue weighted by molar-refractivity contribution is 0.375. The minimum atomic E-state index is -0.747. The fraction of sp³-hybridized carbons (Fsp3) is 0.917. The van der Waals surface area contributed by atoms with Gasteiger partial charge in [0.25, 0.3) is 0 Å². The molecule has 100 valence electrons. The van der Waals surface area contributed by atoms with Crippen LogP contribution < -0.4 is 5.32 Å². The van der Waals surface area contributed by atoms with Crippen molar-refractivity contribution in [1.82, 2.24) is 5.32 Å². The van der Waals surface area contributed by atoms with E-state index >= 15 is 0 Å². The van der Waals surface area contributed by atoms with Crippen molar-refractivity contribution in [3.8, 4) is 0 Å². The fourth-order valence-corrected chi connectivity index (χ4v) is 4.14. The van der Waals surface area contributed by atoms with E-state index in [1.54, 1.807) is 6.26 Å².